The van der Waals surface area contributed by atoms with Gasteiger partial charge in [0, 0.05) is 30.8 Å². The molecule has 26 heavy (non-hydrogen) atoms. The Bertz CT molecular complexity index is 880. The van der Waals surface area contributed by atoms with Crippen molar-refractivity contribution in [3.8, 4) is 0 Å². The first-order valence-electron chi connectivity index (χ1n) is 9.23. The van der Waals surface area contributed by atoms with E-state index < -0.39 is 10.0 Å². The second-order valence-electron chi connectivity index (χ2n) is 7.21. The molecule has 2 aromatic rings. The quantitative estimate of drug-likeness (QED) is 0.831. The van der Waals surface area contributed by atoms with Gasteiger partial charge < -0.3 is 0 Å². The summed E-state index contributed by atoms with van der Waals surface area (Å²) in [7, 11) is -3.61. The monoisotopic (exact) mass is 369 g/mol. The predicted molar refractivity (Wildman–Crippen MR) is 100 cm³/mol. The zero-order chi connectivity index (χ0) is 18.1. The van der Waals surface area contributed by atoms with E-state index in [-0.39, 0.29) is 23.7 Å². The fourth-order valence-electron chi connectivity index (χ4n) is 4.49. The van der Waals surface area contributed by atoms with E-state index in [0.29, 0.717) is 17.9 Å². The Labute approximate surface area is 154 Å². The van der Waals surface area contributed by atoms with Gasteiger partial charge in [-0.3, -0.25) is 4.79 Å². The molecular weight excluding hydrogens is 346 g/mol. The van der Waals surface area contributed by atoms with Crippen molar-refractivity contribution in [3.05, 3.63) is 66.2 Å². The lowest BCUT2D eigenvalue weighted by atomic mass is 9.82. The molecule has 0 aromatic heterocycles. The Morgan fingerprint density at radius 1 is 0.885 bits per heavy atom. The fourth-order valence-corrected chi connectivity index (χ4v) is 6.21. The molecule has 0 N–H and O–H groups in total. The second-order valence-corrected chi connectivity index (χ2v) is 9.10. The number of Topliss-reactive ketones (excluding diaryl/α,β-unsaturated/α-hetero) is 1. The summed E-state index contributed by atoms with van der Waals surface area (Å²) in [6.07, 6.45) is 3.07. The molecule has 0 radical (unpaired) electrons. The van der Waals surface area contributed by atoms with Gasteiger partial charge in [0.05, 0.1) is 4.90 Å². The van der Waals surface area contributed by atoms with Crippen LogP contribution in [0.1, 0.15) is 37.2 Å². The largest absolute Gasteiger partial charge is 0.299 e. The molecule has 1 aliphatic carbocycles. The average Bonchev–Trinajstić information content (AvgIpc) is 2.97. The lowest BCUT2D eigenvalue weighted by Crippen LogP contribution is -2.39. The Morgan fingerprint density at radius 2 is 1.54 bits per heavy atom. The summed E-state index contributed by atoms with van der Waals surface area (Å²) in [6, 6.07) is 18.2. The molecule has 136 valence electrons. The van der Waals surface area contributed by atoms with Crippen LogP contribution in [0.3, 0.4) is 0 Å². The van der Waals surface area contributed by atoms with Crippen LogP contribution in [0.15, 0.2) is 65.6 Å². The highest BCUT2D eigenvalue weighted by molar-refractivity contribution is 7.89. The first-order chi connectivity index (χ1) is 12.6. The van der Waals surface area contributed by atoms with Crippen molar-refractivity contribution < 1.29 is 13.2 Å². The molecule has 5 heteroatoms. The SMILES string of the molecule is O=C1CCCC[C@@H]2[C@H]1[C@@H](c1ccccc1)CN2S(=O)(=O)c1ccccc1. The number of rotatable bonds is 3. The molecular formula is C21H23NO3S. The highest BCUT2D eigenvalue weighted by Gasteiger charge is 2.50. The molecule has 2 fully saturated rings. The van der Waals surface area contributed by atoms with Crippen molar-refractivity contribution in [2.75, 3.05) is 6.54 Å². The minimum absolute atomic E-state index is 0.0645. The van der Waals surface area contributed by atoms with Crippen LogP contribution >= 0.6 is 0 Å². The standard InChI is InChI=1S/C21H23NO3S/c23-20-14-8-7-13-19-21(20)18(16-9-3-1-4-10-16)15-22(19)26(24,25)17-11-5-2-6-12-17/h1-6,9-12,18-19,21H,7-8,13-15H2/t18-,19-,21-/m1/s1. The number of hydrogen-bond donors (Lipinski definition) is 0. The topological polar surface area (TPSA) is 54.5 Å². The summed E-state index contributed by atoms with van der Waals surface area (Å²) in [5, 5.41) is 0. The maximum absolute atomic E-state index is 13.3. The van der Waals surface area contributed by atoms with Gasteiger partial charge in [-0.15, -0.1) is 0 Å². The van der Waals surface area contributed by atoms with Crippen molar-refractivity contribution in [1.29, 1.82) is 0 Å². The van der Waals surface area contributed by atoms with E-state index in [2.05, 4.69) is 0 Å². The number of benzene rings is 2. The summed E-state index contributed by atoms with van der Waals surface area (Å²) in [4.78, 5) is 13.2. The lowest BCUT2D eigenvalue weighted by molar-refractivity contribution is -0.123. The summed E-state index contributed by atoms with van der Waals surface area (Å²) in [5.41, 5.74) is 1.06. The van der Waals surface area contributed by atoms with Crippen LogP contribution in [0.5, 0.6) is 0 Å². The zero-order valence-corrected chi connectivity index (χ0v) is 15.4. The van der Waals surface area contributed by atoms with Crippen LogP contribution in [0.2, 0.25) is 0 Å². The molecule has 0 amide bonds. The number of carbonyl (C=O) groups is 1. The molecule has 0 unspecified atom stereocenters. The van der Waals surface area contributed by atoms with E-state index >= 15 is 0 Å². The molecule has 2 aromatic carbocycles. The van der Waals surface area contributed by atoms with Gasteiger partial charge in [-0.2, -0.15) is 4.31 Å². The van der Waals surface area contributed by atoms with E-state index in [4.69, 9.17) is 0 Å². The van der Waals surface area contributed by atoms with E-state index in [0.717, 1.165) is 24.8 Å². The van der Waals surface area contributed by atoms with Crippen molar-refractivity contribution in [1.82, 2.24) is 4.31 Å². The molecule has 1 saturated carbocycles. The Balaban J connectivity index is 1.77. The molecule has 1 heterocycles. The average molecular weight is 369 g/mol. The molecule has 2 aliphatic rings. The molecule has 4 rings (SSSR count). The number of ketones is 1. The number of hydrogen-bond acceptors (Lipinski definition) is 3. The number of fused-ring (bicyclic) bond motifs is 1. The van der Waals surface area contributed by atoms with E-state index in [1.807, 2.05) is 36.4 Å². The molecule has 0 bridgehead atoms. The Kier molecular flexibility index (Phi) is 4.67. The summed E-state index contributed by atoms with van der Waals surface area (Å²) < 4.78 is 28.2. The van der Waals surface area contributed by atoms with Crippen molar-refractivity contribution in [2.24, 2.45) is 5.92 Å². The highest BCUT2D eigenvalue weighted by Crippen LogP contribution is 2.44. The molecule has 1 saturated heterocycles. The van der Waals surface area contributed by atoms with Gasteiger partial charge in [-0.1, -0.05) is 55.0 Å². The summed E-state index contributed by atoms with van der Waals surface area (Å²) in [6.45, 7) is 0.377. The van der Waals surface area contributed by atoms with Crippen LogP contribution in [0, 0.1) is 5.92 Å². The minimum atomic E-state index is -3.61. The number of nitrogens with zero attached hydrogens (tertiary/aromatic N) is 1. The third-order valence-electron chi connectivity index (χ3n) is 5.72. The molecule has 0 spiro atoms. The van der Waals surface area contributed by atoms with Gasteiger partial charge in [0.1, 0.15) is 5.78 Å². The van der Waals surface area contributed by atoms with Gasteiger partial charge in [0.2, 0.25) is 10.0 Å². The van der Waals surface area contributed by atoms with Crippen molar-refractivity contribution in [3.63, 3.8) is 0 Å². The lowest BCUT2D eigenvalue weighted by Gasteiger charge is -2.25. The van der Waals surface area contributed by atoms with E-state index in [9.17, 15) is 13.2 Å². The van der Waals surface area contributed by atoms with Crippen LogP contribution in [-0.4, -0.2) is 31.1 Å². The minimum Gasteiger partial charge on any atom is -0.299 e. The normalized spacial score (nSPS) is 27.1. The first kappa shape index (κ1) is 17.4. The molecule has 4 nitrogen and oxygen atoms in total. The van der Waals surface area contributed by atoms with E-state index in [1.165, 1.54) is 0 Å². The second kappa shape index (κ2) is 6.97. The first-order valence-corrected chi connectivity index (χ1v) is 10.7. The maximum Gasteiger partial charge on any atom is 0.243 e. The number of sulfonamides is 1. The fraction of sp³-hybridized carbons (Fsp3) is 0.381. The predicted octanol–water partition coefficient (Wildman–Crippen LogP) is 3.60. The van der Waals surface area contributed by atoms with Crippen LogP contribution in [-0.2, 0) is 14.8 Å². The zero-order valence-electron chi connectivity index (χ0n) is 14.6. The highest BCUT2D eigenvalue weighted by atomic mass is 32.2. The van der Waals surface area contributed by atoms with Gasteiger partial charge in [0.15, 0.2) is 0 Å². The maximum atomic E-state index is 13.3. The van der Waals surface area contributed by atoms with Gasteiger partial charge in [0.25, 0.3) is 0 Å². The van der Waals surface area contributed by atoms with Crippen molar-refractivity contribution >= 4 is 15.8 Å². The van der Waals surface area contributed by atoms with E-state index in [1.54, 1.807) is 28.6 Å². The number of carbonyl (C=O) groups excluding carboxylic acids is 1. The summed E-state index contributed by atoms with van der Waals surface area (Å²) >= 11 is 0. The smallest absolute Gasteiger partial charge is 0.243 e. The van der Waals surface area contributed by atoms with Gasteiger partial charge in [-0.25, -0.2) is 8.42 Å². The molecule has 3 atom stereocenters. The molecule has 1 aliphatic heterocycles. The Hall–Kier alpha value is -1.98. The van der Waals surface area contributed by atoms with Crippen LogP contribution in [0.4, 0.5) is 0 Å². The van der Waals surface area contributed by atoms with Crippen LogP contribution < -0.4 is 0 Å². The third-order valence-corrected chi connectivity index (χ3v) is 7.62. The third kappa shape index (κ3) is 2.99. The Morgan fingerprint density at radius 3 is 2.23 bits per heavy atom. The van der Waals surface area contributed by atoms with Crippen LogP contribution in [0.25, 0.3) is 0 Å². The van der Waals surface area contributed by atoms with Gasteiger partial charge >= 0.3 is 0 Å². The van der Waals surface area contributed by atoms with Gasteiger partial charge in [-0.05, 0) is 30.5 Å². The van der Waals surface area contributed by atoms with Crippen molar-refractivity contribution in [2.45, 2.75) is 42.5 Å². The summed E-state index contributed by atoms with van der Waals surface area (Å²) in [5.74, 6) is -0.0872.